The summed E-state index contributed by atoms with van der Waals surface area (Å²) in [5, 5.41) is 9.37. The molecule has 0 spiro atoms. The van der Waals surface area contributed by atoms with Gasteiger partial charge in [-0.15, -0.1) is 0 Å². The molecular formula is C19H21BrN2O2. The van der Waals surface area contributed by atoms with Crippen molar-refractivity contribution in [3.63, 3.8) is 0 Å². The van der Waals surface area contributed by atoms with Crippen LogP contribution in [0.25, 0.3) is 0 Å². The predicted molar refractivity (Wildman–Crippen MR) is 99.4 cm³/mol. The van der Waals surface area contributed by atoms with E-state index in [1.807, 2.05) is 29.2 Å². The first-order valence-electron chi connectivity index (χ1n) is 8.18. The van der Waals surface area contributed by atoms with Crippen molar-refractivity contribution in [2.24, 2.45) is 0 Å². The Kier molecular flexibility index (Phi) is 5.41. The van der Waals surface area contributed by atoms with Gasteiger partial charge in [-0.2, -0.15) is 0 Å². The summed E-state index contributed by atoms with van der Waals surface area (Å²) in [7, 11) is 0. The van der Waals surface area contributed by atoms with Gasteiger partial charge in [0.15, 0.2) is 0 Å². The lowest BCUT2D eigenvalue weighted by atomic mass is 10.1. The predicted octanol–water partition coefficient (Wildman–Crippen LogP) is 3.44. The van der Waals surface area contributed by atoms with Crippen LogP contribution >= 0.6 is 15.9 Å². The van der Waals surface area contributed by atoms with Gasteiger partial charge < -0.3 is 14.9 Å². The van der Waals surface area contributed by atoms with Gasteiger partial charge in [0, 0.05) is 42.8 Å². The Bertz CT molecular complexity index is 695. The van der Waals surface area contributed by atoms with Crippen LogP contribution in [0.15, 0.2) is 53.0 Å². The summed E-state index contributed by atoms with van der Waals surface area (Å²) in [4.78, 5) is 16.6. The number of rotatable bonds is 4. The molecule has 2 aromatic carbocycles. The summed E-state index contributed by atoms with van der Waals surface area (Å²) >= 11 is 3.46. The highest BCUT2D eigenvalue weighted by atomic mass is 79.9. The summed E-state index contributed by atoms with van der Waals surface area (Å²) in [5.41, 5.74) is 2.27. The molecule has 4 nitrogen and oxygen atoms in total. The van der Waals surface area contributed by atoms with E-state index >= 15 is 0 Å². The molecule has 24 heavy (non-hydrogen) atoms. The fraction of sp³-hybridized carbons (Fsp3) is 0.316. The molecule has 1 fully saturated rings. The number of piperazine rings is 1. The fourth-order valence-corrected chi connectivity index (χ4v) is 3.43. The van der Waals surface area contributed by atoms with Gasteiger partial charge in [-0.1, -0.05) is 28.1 Å². The van der Waals surface area contributed by atoms with Crippen molar-refractivity contribution in [1.29, 1.82) is 0 Å². The number of halogens is 1. The fourth-order valence-electron chi connectivity index (χ4n) is 2.98. The van der Waals surface area contributed by atoms with Crippen molar-refractivity contribution in [3.05, 3.63) is 58.6 Å². The Morgan fingerprint density at radius 1 is 1.04 bits per heavy atom. The molecule has 3 rings (SSSR count). The normalized spacial score (nSPS) is 14.7. The zero-order chi connectivity index (χ0) is 16.9. The van der Waals surface area contributed by atoms with Crippen LogP contribution < -0.4 is 4.90 Å². The van der Waals surface area contributed by atoms with E-state index in [4.69, 9.17) is 0 Å². The van der Waals surface area contributed by atoms with E-state index in [-0.39, 0.29) is 11.7 Å². The zero-order valence-electron chi connectivity index (χ0n) is 13.5. The standard InChI is InChI=1S/C19H21BrN2O2/c20-16-3-1-2-15(14-16)4-9-19(24)22-12-10-21(11-13-22)17-5-7-18(23)8-6-17/h1-3,5-8,14,23H,4,9-13H2. The summed E-state index contributed by atoms with van der Waals surface area (Å²) < 4.78 is 1.05. The van der Waals surface area contributed by atoms with Crippen LogP contribution in [0.2, 0.25) is 0 Å². The minimum absolute atomic E-state index is 0.223. The van der Waals surface area contributed by atoms with Gasteiger partial charge in [0.25, 0.3) is 0 Å². The summed E-state index contributed by atoms with van der Waals surface area (Å²) in [6.07, 6.45) is 1.33. The number of nitrogens with zero attached hydrogens (tertiary/aromatic N) is 2. The molecule has 0 atom stereocenters. The minimum Gasteiger partial charge on any atom is -0.508 e. The van der Waals surface area contributed by atoms with Gasteiger partial charge in [0.05, 0.1) is 0 Å². The molecule has 2 aromatic rings. The average molecular weight is 389 g/mol. The molecule has 5 heteroatoms. The number of anilines is 1. The van der Waals surface area contributed by atoms with Gasteiger partial charge in [-0.25, -0.2) is 0 Å². The Labute approximate surface area is 150 Å². The molecule has 1 aliphatic heterocycles. The number of hydrogen-bond acceptors (Lipinski definition) is 3. The van der Waals surface area contributed by atoms with Crippen molar-refractivity contribution in [1.82, 2.24) is 4.90 Å². The molecule has 1 saturated heterocycles. The lowest BCUT2D eigenvalue weighted by Crippen LogP contribution is -2.48. The van der Waals surface area contributed by atoms with E-state index in [0.717, 1.165) is 42.8 Å². The SMILES string of the molecule is O=C(CCc1cccc(Br)c1)N1CCN(c2ccc(O)cc2)CC1. The zero-order valence-corrected chi connectivity index (χ0v) is 15.1. The molecular weight excluding hydrogens is 368 g/mol. The number of hydrogen-bond donors (Lipinski definition) is 1. The van der Waals surface area contributed by atoms with E-state index in [0.29, 0.717) is 6.42 Å². The van der Waals surface area contributed by atoms with Crippen molar-refractivity contribution >= 4 is 27.5 Å². The smallest absolute Gasteiger partial charge is 0.223 e. The topological polar surface area (TPSA) is 43.8 Å². The van der Waals surface area contributed by atoms with E-state index < -0.39 is 0 Å². The molecule has 0 bridgehead atoms. The second kappa shape index (κ2) is 7.71. The van der Waals surface area contributed by atoms with Crippen LogP contribution in [-0.2, 0) is 11.2 Å². The van der Waals surface area contributed by atoms with Gasteiger partial charge in [0.2, 0.25) is 5.91 Å². The van der Waals surface area contributed by atoms with E-state index in [1.54, 1.807) is 12.1 Å². The number of carbonyl (C=O) groups is 1. The van der Waals surface area contributed by atoms with Gasteiger partial charge in [0.1, 0.15) is 5.75 Å². The second-order valence-electron chi connectivity index (χ2n) is 6.01. The molecule has 0 saturated carbocycles. The molecule has 1 heterocycles. The first-order valence-corrected chi connectivity index (χ1v) is 8.97. The van der Waals surface area contributed by atoms with Crippen LogP contribution in [0.1, 0.15) is 12.0 Å². The van der Waals surface area contributed by atoms with Crippen molar-refractivity contribution in [2.75, 3.05) is 31.1 Å². The lowest BCUT2D eigenvalue weighted by Gasteiger charge is -2.36. The third-order valence-electron chi connectivity index (χ3n) is 4.36. The van der Waals surface area contributed by atoms with E-state index in [2.05, 4.69) is 33.0 Å². The van der Waals surface area contributed by atoms with Crippen LogP contribution in [0.3, 0.4) is 0 Å². The molecule has 0 radical (unpaired) electrons. The monoisotopic (exact) mass is 388 g/mol. The Hall–Kier alpha value is -2.01. The first kappa shape index (κ1) is 16.8. The Morgan fingerprint density at radius 3 is 2.42 bits per heavy atom. The number of benzene rings is 2. The highest BCUT2D eigenvalue weighted by molar-refractivity contribution is 9.10. The minimum atomic E-state index is 0.223. The van der Waals surface area contributed by atoms with Crippen molar-refractivity contribution in [2.45, 2.75) is 12.8 Å². The van der Waals surface area contributed by atoms with E-state index in [1.165, 1.54) is 5.56 Å². The van der Waals surface area contributed by atoms with Crippen molar-refractivity contribution in [3.8, 4) is 5.75 Å². The quantitative estimate of drug-likeness (QED) is 0.872. The maximum atomic E-state index is 12.4. The number of aryl methyl sites for hydroxylation is 1. The van der Waals surface area contributed by atoms with Crippen molar-refractivity contribution < 1.29 is 9.90 Å². The lowest BCUT2D eigenvalue weighted by molar-refractivity contribution is -0.131. The molecule has 0 aromatic heterocycles. The van der Waals surface area contributed by atoms with Gasteiger partial charge in [-0.3, -0.25) is 4.79 Å². The first-order chi connectivity index (χ1) is 11.6. The highest BCUT2D eigenvalue weighted by Crippen LogP contribution is 2.20. The van der Waals surface area contributed by atoms with Gasteiger partial charge >= 0.3 is 0 Å². The third-order valence-corrected chi connectivity index (χ3v) is 4.86. The van der Waals surface area contributed by atoms with Crippen LogP contribution in [0.5, 0.6) is 5.75 Å². The maximum Gasteiger partial charge on any atom is 0.223 e. The molecule has 0 aliphatic carbocycles. The second-order valence-corrected chi connectivity index (χ2v) is 6.93. The number of phenolic OH excluding ortho intramolecular Hbond substituents is 1. The average Bonchev–Trinajstić information content (AvgIpc) is 2.61. The van der Waals surface area contributed by atoms with Crippen LogP contribution in [0, 0.1) is 0 Å². The molecule has 1 N–H and O–H groups in total. The third kappa shape index (κ3) is 4.29. The summed E-state index contributed by atoms with van der Waals surface area (Å²) in [6.45, 7) is 3.15. The molecule has 0 unspecified atom stereocenters. The maximum absolute atomic E-state index is 12.4. The number of aromatic hydroxyl groups is 1. The molecule has 1 aliphatic rings. The Morgan fingerprint density at radius 2 is 1.75 bits per heavy atom. The van der Waals surface area contributed by atoms with Crippen LogP contribution in [-0.4, -0.2) is 42.1 Å². The number of carbonyl (C=O) groups excluding carboxylic acids is 1. The van der Waals surface area contributed by atoms with E-state index in [9.17, 15) is 9.90 Å². The number of amides is 1. The Balaban J connectivity index is 1.49. The summed E-state index contributed by atoms with van der Waals surface area (Å²) in [6, 6.07) is 15.3. The molecule has 126 valence electrons. The van der Waals surface area contributed by atoms with Gasteiger partial charge in [-0.05, 0) is 48.4 Å². The largest absolute Gasteiger partial charge is 0.508 e. The number of phenols is 1. The highest BCUT2D eigenvalue weighted by Gasteiger charge is 2.21. The van der Waals surface area contributed by atoms with Crippen LogP contribution in [0.4, 0.5) is 5.69 Å². The molecule has 1 amide bonds. The summed E-state index contributed by atoms with van der Waals surface area (Å²) in [5.74, 6) is 0.500.